The molecule has 1 N–H and O–H groups in total. The van der Waals surface area contributed by atoms with Crippen LogP contribution in [0.2, 0.25) is 0 Å². The zero-order chi connectivity index (χ0) is 17.3. The Morgan fingerprint density at radius 2 is 1.57 bits per heavy atom. The van der Waals surface area contributed by atoms with E-state index in [2.05, 4.69) is 5.32 Å². The summed E-state index contributed by atoms with van der Waals surface area (Å²) in [6.07, 6.45) is -0.220. The molecule has 0 fully saturated rings. The highest BCUT2D eigenvalue weighted by molar-refractivity contribution is 6.11. The maximum atomic E-state index is 12.3. The molecule has 1 amide bonds. The number of ether oxygens (including phenoxy) is 2. The summed E-state index contributed by atoms with van der Waals surface area (Å²) in [6.45, 7) is 3.07. The van der Waals surface area contributed by atoms with Gasteiger partial charge in [0, 0.05) is 12.0 Å². The molecule has 7 heteroatoms. The predicted molar refractivity (Wildman–Crippen MR) is 80.6 cm³/mol. The minimum Gasteiger partial charge on any atom is -0.464 e. The van der Waals surface area contributed by atoms with Gasteiger partial charge >= 0.3 is 11.9 Å². The number of hydrogen-bond acceptors (Lipinski definition) is 6. The Morgan fingerprint density at radius 3 is 2.00 bits per heavy atom. The molecule has 0 saturated carbocycles. The van der Waals surface area contributed by atoms with Crippen molar-refractivity contribution in [3.05, 3.63) is 35.9 Å². The average Bonchev–Trinajstić information content (AvgIpc) is 2.55. The van der Waals surface area contributed by atoms with E-state index in [-0.39, 0.29) is 18.8 Å². The van der Waals surface area contributed by atoms with E-state index in [0.717, 1.165) is 0 Å². The van der Waals surface area contributed by atoms with Crippen molar-refractivity contribution >= 4 is 24.1 Å². The first-order valence-corrected chi connectivity index (χ1v) is 7.17. The van der Waals surface area contributed by atoms with Gasteiger partial charge in [0.25, 0.3) is 5.91 Å². The molecule has 0 atom stereocenters. The largest absolute Gasteiger partial charge is 0.464 e. The van der Waals surface area contributed by atoms with Crippen molar-refractivity contribution in [3.63, 3.8) is 0 Å². The summed E-state index contributed by atoms with van der Waals surface area (Å²) in [7, 11) is 0. The van der Waals surface area contributed by atoms with Crippen LogP contribution in [-0.2, 0) is 23.9 Å². The summed E-state index contributed by atoms with van der Waals surface area (Å²) in [5, 5.41) is 2.30. The zero-order valence-corrected chi connectivity index (χ0v) is 13.0. The lowest BCUT2D eigenvalue weighted by atomic mass is 9.95. The van der Waals surface area contributed by atoms with Gasteiger partial charge in [0.1, 0.15) is 6.29 Å². The van der Waals surface area contributed by atoms with Crippen LogP contribution in [0.1, 0.15) is 30.6 Å². The zero-order valence-electron chi connectivity index (χ0n) is 13.0. The Hall–Kier alpha value is -2.70. The van der Waals surface area contributed by atoms with Crippen LogP contribution in [0.4, 0.5) is 0 Å². The maximum Gasteiger partial charge on any atom is 0.344 e. The van der Waals surface area contributed by atoms with Crippen LogP contribution in [0.15, 0.2) is 30.3 Å². The monoisotopic (exact) mass is 321 g/mol. The van der Waals surface area contributed by atoms with Crippen molar-refractivity contribution < 1.29 is 28.7 Å². The SMILES string of the molecule is CCOC(=O)C(CC=O)(NC(=O)c1ccccc1)C(=O)OCC. The van der Waals surface area contributed by atoms with Gasteiger partial charge in [-0.25, -0.2) is 9.59 Å². The first kappa shape index (κ1) is 18.3. The average molecular weight is 321 g/mol. The molecule has 0 saturated heterocycles. The highest BCUT2D eigenvalue weighted by Gasteiger charge is 2.50. The molecular formula is C16H19NO6. The lowest BCUT2D eigenvalue weighted by Crippen LogP contribution is -2.61. The minimum atomic E-state index is -2.19. The van der Waals surface area contributed by atoms with Crippen LogP contribution in [0.5, 0.6) is 0 Å². The lowest BCUT2D eigenvalue weighted by Gasteiger charge is -2.28. The summed E-state index contributed by atoms with van der Waals surface area (Å²) in [5.74, 6) is -2.75. The molecule has 1 rings (SSSR count). The molecule has 0 aliphatic carbocycles. The van der Waals surface area contributed by atoms with Crippen LogP contribution in [0.25, 0.3) is 0 Å². The smallest absolute Gasteiger partial charge is 0.344 e. The number of carbonyl (C=O) groups is 4. The molecule has 1 aromatic rings. The van der Waals surface area contributed by atoms with Gasteiger partial charge in [0.2, 0.25) is 5.54 Å². The fourth-order valence-electron chi connectivity index (χ4n) is 1.89. The van der Waals surface area contributed by atoms with Crippen LogP contribution in [-0.4, -0.2) is 42.9 Å². The maximum absolute atomic E-state index is 12.3. The van der Waals surface area contributed by atoms with Gasteiger partial charge in [-0.05, 0) is 26.0 Å². The van der Waals surface area contributed by atoms with Crippen molar-refractivity contribution in [1.29, 1.82) is 0 Å². The third-order valence-electron chi connectivity index (χ3n) is 3.00. The van der Waals surface area contributed by atoms with E-state index in [1.165, 1.54) is 12.1 Å². The summed E-state index contributed by atoms with van der Waals surface area (Å²) in [4.78, 5) is 47.8. The second-order valence-corrected chi connectivity index (χ2v) is 4.54. The number of hydrogen-bond donors (Lipinski definition) is 1. The Morgan fingerprint density at radius 1 is 1.04 bits per heavy atom. The van der Waals surface area contributed by atoms with Crippen LogP contribution in [0.3, 0.4) is 0 Å². The predicted octanol–water partition coefficient (Wildman–Crippen LogP) is 0.870. The topological polar surface area (TPSA) is 98.8 Å². The van der Waals surface area contributed by atoms with E-state index in [1.807, 2.05) is 0 Å². The van der Waals surface area contributed by atoms with Gasteiger partial charge < -0.3 is 19.6 Å². The van der Waals surface area contributed by atoms with Crippen LogP contribution in [0, 0.1) is 0 Å². The first-order chi connectivity index (χ1) is 11.0. The molecule has 0 aliphatic heterocycles. The summed E-state index contributed by atoms with van der Waals surface area (Å²) in [5.41, 5.74) is -1.96. The fourth-order valence-corrected chi connectivity index (χ4v) is 1.89. The standard InChI is InChI=1S/C16H19NO6/c1-3-22-14(20)16(10-11-18,15(21)23-4-2)17-13(19)12-8-6-5-7-9-12/h5-9,11H,3-4,10H2,1-2H3,(H,17,19). The van der Waals surface area contributed by atoms with Gasteiger partial charge in [0.15, 0.2) is 0 Å². The number of nitrogens with one attached hydrogen (secondary N) is 1. The molecule has 0 radical (unpaired) electrons. The lowest BCUT2D eigenvalue weighted by molar-refractivity contribution is -0.166. The van der Waals surface area contributed by atoms with E-state index < -0.39 is 29.8 Å². The molecule has 1 aromatic carbocycles. The molecule has 0 aromatic heterocycles. The summed E-state index contributed by atoms with van der Waals surface area (Å²) in [6, 6.07) is 8.00. The number of amides is 1. The van der Waals surface area contributed by atoms with Crippen molar-refractivity contribution in [2.75, 3.05) is 13.2 Å². The third-order valence-corrected chi connectivity index (χ3v) is 3.00. The second kappa shape index (κ2) is 8.67. The molecule has 0 heterocycles. The molecule has 23 heavy (non-hydrogen) atoms. The molecule has 7 nitrogen and oxygen atoms in total. The highest BCUT2D eigenvalue weighted by Crippen LogP contribution is 2.16. The first-order valence-electron chi connectivity index (χ1n) is 7.17. The molecule has 124 valence electrons. The van der Waals surface area contributed by atoms with Gasteiger partial charge in [-0.1, -0.05) is 18.2 Å². The molecular weight excluding hydrogens is 302 g/mol. The normalized spacial score (nSPS) is 10.5. The van der Waals surface area contributed by atoms with Crippen molar-refractivity contribution in [3.8, 4) is 0 Å². The second-order valence-electron chi connectivity index (χ2n) is 4.54. The van der Waals surface area contributed by atoms with E-state index in [9.17, 15) is 19.2 Å². The van der Waals surface area contributed by atoms with Gasteiger partial charge in [-0.15, -0.1) is 0 Å². The van der Waals surface area contributed by atoms with E-state index in [4.69, 9.17) is 9.47 Å². The van der Waals surface area contributed by atoms with Crippen molar-refractivity contribution in [1.82, 2.24) is 5.32 Å². The Kier molecular flexibility index (Phi) is 6.92. The molecule has 0 bridgehead atoms. The molecule has 0 aliphatic rings. The number of rotatable bonds is 8. The van der Waals surface area contributed by atoms with Gasteiger partial charge in [-0.2, -0.15) is 0 Å². The van der Waals surface area contributed by atoms with E-state index in [1.54, 1.807) is 32.0 Å². The van der Waals surface area contributed by atoms with Crippen LogP contribution < -0.4 is 5.32 Å². The van der Waals surface area contributed by atoms with Crippen molar-refractivity contribution in [2.24, 2.45) is 0 Å². The highest BCUT2D eigenvalue weighted by atomic mass is 16.6. The third kappa shape index (κ3) is 4.38. The Balaban J connectivity index is 3.19. The molecule has 0 unspecified atom stereocenters. The van der Waals surface area contributed by atoms with Gasteiger partial charge in [-0.3, -0.25) is 4.79 Å². The molecule has 0 spiro atoms. The van der Waals surface area contributed by atoms with Crippen molar-refractivity contribution in [2.45, 2.75) is 25.8 Å². The Bertz CT molecular complexity index is 551. The summed E-state index contributed by atoms with van der Waals surface area (Å²) >= 11 is 0. The van der Waals surface area contributed by atoms with Gasteiger partial charge in [0.05, 0.1) is 13.2 Å². The number of benzene rings is 1. The quantitative estimate of drug-likeness (QED) is 0.433. The van der Waals surface area contributed by atoms with E-state index in [0.29, 0.717) is 6.29 Å². The summed E-state index contributed by atoms with van der Waals surface area (Å²) < 4.78 is 9.70. The number of esters is 2. The number of aldehydes is 1. The number of carbonyl (C=O) groups excluding carboxylic acids is 4. The fraction of sp³-hybridized carbons (Fsp3) is 0.375. The Labute approximate surface area is 134 Å². The van der Waals surface area contributed by atoms with E-state index >= 15 is 0 Å². The van der Waals surface area contributed by atoms with Crippen LogP contribution >= 0.6 is 0 Å². The minimum absolute atomic E-state index is 0.0138.